The van der Waals surface area contributed by atoms with Gasteiger partial charge in [-0.1, -0.05) is 0 Å². The third-order valence-electron chi connectivity index (χ3n) is 2.64. The van der Waals surface area contributed by atoms with Gasteiger partial charge in [-0.2, -0.15) is 0 Å². The van der Waals surface area contributed by atoms with Gasteiger partial charge in [-0.25, -0.2) is 0 Å². The van der Waals surface area contributed by atoms with Crippen LogP contribution in [0.5, 0.6) is 0 Å². The zero-order valence-corrected chi connectivity index (χ0v) is 4.03. The number of nitrogens with one attached hydrogen (secondary N) is 1. The lowest BCUT2D eigenvalue weighted by molar-refractivity contribution is -0.138. The Hall–Kier alpha value is -0.0800. The van der Waals surface area contributed by atoms with Crippen LogP contribution in [0.15, 0.2) is 0 Å². The second-order valence-corrected chi connectivity index (χ2v) is 2.90. The van der Waals surface area contributed by atoms with Crippen LogP contribution in [0.3, 0.4) is 0 Å². The molecule has 3 aliphatic rings. The minimum Gasteiger partial charge on any atom is -0.370 e. The first-order valence-electron chi connectivity index (χ1n) is 2.76. The van der Waals surface area contributed by atoms with Gasteiger partial charge in [0.15, 0.2) is 0 Å². The highest BCUT2D eigenvalue weighted by Crippen LogP contribution is 2.64. The first-order valence-corrected chi connectivity index (χ1v) is 2.76. The van der Waals surface area contributed by atoms with E-state index in [0.717, 1.165) is 13.2 Å². The Labute approximate surface area is 41.8 Å². The molecule has 38 valence electrons. The van der Waals surface area contributed by atoms with Gasteiger partial charge in [0.1, 0.15) is 5.60 Å². The molecule has 2 atom stereocenters. The highest BCUT2D eigenvalue weighted by Gasteiger charge is 2.82. The summed E-state index contributed by atoms with van der Waals surface area (Å²) in [5.41, 5.74) is 0.931. The van der Waals surface area contributed by atoms with Crippen molar-refractivity contribution in [3.8, 4) is 0 Å². The molecule has 0 radical (unpaired) electrons. The highest BCUT2D eigenvalue weighted by atomic mass is 16.6. The van der Waals surface area contributed by atoms with Crippen molar-refractivity contribution < 1.29 is 4.74 Å². The van der Waals surface area contributed by atoms with E-state index in [1.165, 1.54) is 6.42 Å². The molecule has 0 bridgehead atoms. The fourth-order valence-electron chi connectivity index (χ4n) is 1.76. The minimum atomic E-state index is 0.396. The van der Waals surface area contributed by atoms with E-state index in [1.807, 2.05) is 0 Å². The normalized spacial score (nSPS) is 72.0. The molecule has 3 rings (SSSR count). The average molecular weight is 97.1 g/mol. The standard InChI is InChI=1S/C5H7NO/c1-4-3-7-5(1,4)2-6-4/h6H,1-3H2/t4-,5+/m0/s1. The SMILES string of the molecule is C1O[C@]23CN[C@@]12C3. The highest BCUT2D eigenvalue weighted by molar-refractivity contribution is 5.39. The molecule has 0 spiro atoms. The monoisotopic (exact) mass is 97.1 g/mol. The smallest absolute Gasteiger partial charge is 0.103 e. The van der Waals surface area contributed by atoms with Gasteiger partial charge in [-0.3, -0.25) is 0 Å². The zero-order valence-electron chi connectivity index (χ0n) is 4.03. The molecule has 1 aliphatic carbocycles. The molecule has 0 aromatic rings. The predicted molar refractivity (Wildman–Crippen MR) is 24.0 cm³/mol. The van der Waals surface area contributed by atoms with Gasteiger partial charge in [0, 0.05) is 13.0 Å². The van der Waals surface area contributed by atoms with Gasteiger partial charge < -0.3 is 10.1 Å². The molecule has 0 amide bonds. The summed E-state index contributed by atoms with van der Waals surface area (Å²) in [5.74, 6) is 0. The fourth-order valence-corrected chi connectivity index (χ4v) is 1.76. The summed E-state index contributed by atoms with van der Waals surface area (Å²) in [6.45, 7) is 2.10. The van der Waals surface area contributed by atoms with E-state index in [0.29, 0.717) is 11.1 Å². The Balaban J connectivity index is 2.15. The van der Waals surface area contributed by atoms with Crippen LogP contribution in [0.1, 0.15) is 6.42 Å². The van der Waals surface area contributed by atoms with Crippen molar-refractivity contribution in [3.63, 3.8) is 0 Å². The summed E-state index contributed by atoms with van der Waals surface area (Å²) in [4.78, 5) is 0. The summed E-state index contributed by atoms with van der Waals surface area (Å²) in [6.07, 6.45) is 1.29. The molecule has 0 unspecified atom stereocenters. The number of morpholine rings is 1. The maximum absolute atomic E-state index is 5.32. The molecule has 2 saturated heterocycles. The Kier molecular flexibility index (Phi) is 0.218. The minimum absolute atomic E-state index is 0.396. The first-order chi connectivity index (χ1) is 3.37. The van der Waals surface area contributed by atoms with Gasteiger partial charge in [-0.15, -0.1) is 0 Å². The first kappa shape index (κ1) is 3.05. The molecule has 2 aliphatic heterocycles. The van der Waals surface area contributed by atoms with E-state index in [4.69, 9.17) is 4.74 Å². The second kappa shape index (κ2) is 0.501. The zero-order chi connectivity index (χ0) is 4.54. The van der Waals surface area contributed by atoms with Crippen molar-refractivity contribution in [2.24, 2.45) is 0 Å². The molecule has 0 aromatic carbocycles. The summed E-state index contributed by atoms with van der Waals surface area (Å²) in [5, 5.41) is 3.36. The van der Waals surface area contributed by atoms with Crippen LogP contribution in [-0.2, 0) is 4.74 Å². The Morgan fingerprint density at radius 3 is 2.43 bits per heavy atom. The third kappa shape index (κ3) is 0.126. The van der Waals surface area contributed by atoms with Crippen molar-refractivity contribution in [1.29, 1.82) is 0 Å². The molecule has 2 nitrogen and oxygen atoms in total. The van der Waals surface area contributed by atoms with E-state index in [-0.39, 0.29) is 0 Å². The maximum Gasteiger partial charge on any atom is 0.103 e. The van der Waals surface area contributed by atoms with Crippen LogP contribution in [0, 0.1) is 0 Å². The van der Waals surface area contributed by atoms with Gasteiger partial charge in [0.25, 0.3) is 0 Å². The number of hydrogen-bond acceptors (Lipinski definition) is 2. The second-order valence-electron chi connectivity index (χ2n) is 2.90. The van der Waals surface area contributed by atoms with E-state index in [9.17, 15) is 0 Å². The Morgan fingerprint density at radius 1 is 1.57 bits per heavy atom. The maximum atomic E-state index is 5.32. The summed E-state index contributed by atoms with van der Waals surface area (Å²) in [7, 11) is 0. The molecule has 1 N–H and O–H groups in total. The molecule has 3 fully saturated rings. The quantitative estimate of drug-likeness (QED) is 0.440. The van der Waals surface area contributed by atoms with Gasteiger partial charge in [-0.05, 0) is 0 Å². The number of rotatable bonds is 0. The van der Waals surface area contributed by atoms with Crippen molar-refractivity contribution >= 4 is 0 Å². The molecule has 2 heteroatoms. The summed E-state index contributed by atoms with van der Waals surface area (Å²) in [6, 6.07) is 0. The van der Waals surface area contributed by atoms with E-state index in [2.05, 4.69) is 5.32 Å². The Bertz CT molecular complexity index is 119. The van der Waals surface area contributed by atoms with Crippen LogP contribution >= 0.6 is 0 Å². The largest absolute Gasteiger partial charge is 0.370 e. The number of ether oxygens (including phenoxy) is 1. The van der Waals surface area contributed by atoms with Crippen LogP contribution in [0.2, 0.25) is 0 Å². The summed E-state index contributed by atoms with van der Waals surface area (Å²) < 4.78 is 5.32. The summed E-state index contributed by atoms with van der Waals surface area (Å²) >= 11 is 0. The third-order valence-corrected chi connectivity index (χ3v) is 2.64. The van der Waals surface area contributed by atoms with Crippen LogP contribution in [0.4, 0.5) is 0 Å². The van der Waals surface area contributed by atoms with E-state index < -0.39 is 0 Å². The topological polar surface area (TPSA) is 21.3 Å². The predicted octanol–water partition coefficient (Wildman–Crippen LogP) is -0.499. The lowest BCUT2D eigenvalue weighted by atomic mass is 9.99. The van der Waals surface area contributed by atoms with Gasteiger partial charge in [0.2, 0.25) is 0 Å². The van der Waals surface area contributed by atoms with Crippen LogP contribution < -0.4 is 5.32 Å². The molecule has 0 aromatic heterocycles. The van der Waals surface area contributed by atoms with E-state index in [1.54, 1.807) is 0 Å². The van der Waals surface area contributed by atoms with E-state index >= 15 is 0 Å². The molecule has 2 heterocycles. The lowest BCUT2D eigenvalue weighted by Crippen LogP contribution is -2.68. The molecular formula is C5H7NO. The van der Waals surface area contributed by atoms with Gasteiger partial charge >= 0.3 is 0 Å². The molecule has 7 heavy (non-hydrogen) atoms. The van der Waals surface area contributed by atoms with Crippen molar-refractivity contribution in [2.45, 2.75) is 17.6 Å². The Morgan fingerprint density at radius 2 is 2.43 bits per heavy atom. The lowest BCUT2D eigenvalue weighted by Gasteiger charge is -2.45. The van der Waals surface area contributed by atoms with Crippen molar-refractivity contribution in [1.82, 2.24) is 5.32 Å². The molecular weight excluding hydrogens is 90.1 g/mol. The van der Waals surface area contributed by atoms with Crippen molar-refractivity contribution in [3.05, 3.63) is 0 Å². The fraction of sp³-hybridized carbons (Fsp3) is 1.00. The molecule has 1 saturated carbocycles. The van der Waals surface area contributed by atoms with Crippen molar-refractivity contribution in [2.75, 3.05) is 13.2 Å². The van der Waals surface area contributed by atoms with Gasteiger partial charge in [0.05, 0.1) is 12.1 Å². The van der Waals surface area contributed by atoms with Crippen LogP contribution in [-0.4, -0.2) is 24.3 Å². The van der Waals surface area contributed by atoms with Crippen LogP contribution in [0.25, 0.3) is 0 Å². The number of hydrogen-bond donors (Lipinski definition) is 1. The average Bonchev–Trinajstić information content (AvgIpc) is 2.09.